The van der Waals surface area contributed by atoms with Crippen molar-refractivity contribution in [1.29, 1.82) is 0 Å². The maximum atomic E-state index is 12.4. The first-order chi connectivity index (χ1) is 13.1. The molecule has 5 heteroatoms. The molecule has 2 bridgehead atoms. The molecule has 2 saturated carbocycles. The number of aryl methyl sites for hydroxylation is 1. The number of carbonyl (C=O) groups is 2. The predicted molar refractivity (Wildman–Crippen MR) is 101 cm³/mol. The van der Waals surface area contributed by atoms with Crippen LogP contribution in [-0.4, -0.2) is 24.0 Å². The fourth-order valence-corrected chi connectivity index (χ4v) is 4.97. The van der Waals surface area contributed by atoms with Gasteiger partial charge in [0.1, 0.15) is 6.61 Å². The van der Waals surface area contributed by atoms with E-state index in [-0.39, 0.29) is 12.6 Å². The van der Waals surface area contributed by atoms with Crippen LogP contribution in [0.4, 0.5) is 0 Å². The van der Waals surface area contributed by atoms with Gasteiger partial charge in [-0.2, -0.15) is 0 Å². The molecule has 2 aliphatic rings. The molecule has 1 aromatic carbocycles. The van der Waals surface area contributed by atoms with Crippen molar-refractivity contribution in [2.45, 2.75) is 45.6 Å². The zero-order valence-corrected chi connectivity index (χ0v) is 15.9. The number of nitrogens with zero attached hydrogens (tertiary/aromatic N) is 1. The van der Waals surface area contributed by atoms with Gasteiger partial charge >= 0.3 is 11.9 Å². The Morgan fingerprint density at radius 1 is 1.19 bits per heavy atom. The van der Waals surface area contributed by atoms with Crippen molar-refractivity contribution in [2.75, 3.05) is 7.11 Å². The molecule has 27 heavy (non-hydrogen) atoms. The van der Waals surface area contributed by atoms with Crippen molar-refractivity contribution in [2.24, 2.45) is 17.8 Å². The molecular weight excluding hydrogens is 342 g/mol. The molecule has 142 valence electrons. The smallest absolute Gasteiger partial charge is 0.340 e. The number of rotatable bonds is 5. The summed E-state index contributed by atoms with van der Waals surface area (Å²) in [5, 5.41) is 0.898. The molecule has 0 saturated heterocycles. The Balaban J connectivity index is 1.52. The Labute approximate surface area is 159 Å². The van der Waals surface area contributed by atoms with E-state index in [9.17, 15) is 9.59 Å². The Hall–Kier alpha value is -2.43. The Morgan fingerprint density at radius 2 is 2.00 bits per heavy atom. The molecule has 1 aromatic heterocycles. The van der Waals surface area contributed by atoms with Crippen molar-refractivity contribution < 1.29 is 19.1 Å². The summed E-state index contributed by atoms with van der Waals surface area (Å²) in [7, 11) is 1.35. The van der Waals surface area contributed by atoms with Crippen molar-refractivity contribution in [1.82, 2.24) is 4.98 Å². The number of hydrogen-bond donors (Lipinski definition) is 0. The van der Waals surface area contributed by atoms with Crippen LogP contribution in [0.25, 0.3) is 10.9 Å². The maximum Gasteiger partial charge on any atom is 0.340 e. The highest BCUT2D eigenvalue weighted by atomic mass is 16.5. The van der Waals surface area contributed by atoms with Gasteiger partial charge in [0, 0.05) is 11.8 Å². The predicted octanol–water partition coefficient (Wildman–Crippen LogP) is 4.20. The number of para-hydroxylation sites is 1. The average Bonchev–Trinajstić information content (AvgIpc) is 3.29. The highest BCUT2D eigenvalue weighted by Crippen LogP contribution is 2.49. The first-order valence-corrected chi connectivity index (χ1v) is 9.69. The third-order valence-electron chi connectivity index (χ3n) is 6.30. The maximum absolute atomic E-state index is 12.4. The number of ether oxygens (including phenoxy) is 2. The molecule has 3 atom stereocenters. The molecule has 2 aromatic rings. The van der Waals surface area contributed by atoms with Crippen LogP contribution in [0, 0.1) is 24.7 Å². The van der Waals surface area contributed by atoms with Crippen molar-refractivity contribution in [3.63, 3.8) is 0 Å². The Bertz CT molecular complexity index is 891. The molecule has 5 nitrogen and oxygen atoms in total. The second kappa shape index (κ2) is 7.29. The second-order valence-corrected chi connectivity index (χ2v) is 7.87. The van der Waals surface area contributed by atoms with Gasteiger partial charge < -0.3 is 9.47 Å². The molecule has 0 aliphatic heterocycles. The van der Waals surface area contributed by atoms with Gasteiger partial charge in [-0.05, 0) is 55.6 Å². The monoisotopic (exact) mass is 367 g/mol. The highest BCUT2D eigenvalue weighted by Gasteiger charge is 2.40. The molecule has 4 rings (SSSR count). The van der Waals surface area contributed by atoms with Gasteiger partial charge in [0.2, 0.25) is 0 Å². The van der Waals surface area contributed by atoms with E-state index in [1.165, 1.54) is 26.4 Å². The quantitative estimate of drug-likeness (QED) is 0.741. The number of hydrogen-bond acceptors (Lipinski definition) is 5. The molecule has 2 fully saturated rings. The Morgan fingerprint density at radius 3 is 2.70 bits per heavy atom. The highest BCUT2D eigenvalue weighted by molar-refractivity contribution is 5.98. The van der Waals surface area contributed by atoms with Gasteiger partial charge in [0.25, 0.3) is 0 Å². The minimum absolute atomic E-state index is 0.00421. The molecule has 0 N–H and O–H groups in total. The Kier molecular flexibility index (Phi) is 4.85. The average molecular weight is 367 g/mol. The van der Waals surface area contributed by atoms with Gasteiger partial charge in [-0.3, -0.25) is 4.79 Å². The standard InChI is InChI=1S/C22H25NO4/c1-13-17-5-3-4-6-18(17)23-19(21(13)22(25)26-2)12-27-20(24)11-16-10-14-7-8-15(16)9-14/h3-6,14-16H,7-12H2,1-2H3/t14-,15+,16+/m0/s1. The van der Waals surface area contributed by atoms with Crippen LogP contribution in [0.2, 0.25) is 0 Å². The number of esters is 2. The fourth-order valence-electron chi connectivity index (χ4n) is 4.97. The van der Waals surface area contributed by atoms with E-state index in [1.807, 2.05) is 31.2 Å². The normalized spacial score (nSPS) is 23.6. The van der Waals surface area contributed by atoms with Crippen LogP contribution in [0.3, 0.4) is 0 Å². The summed E-state index contributed by atoms with van der Waals surface area (Å²) in [5.41, 5.74) is 2.43. The SMILES string of the molecule is COC(=O)c1c(COC(=O)C[C@H]2C[C@H]3CC[C@@H]2C3)nc2ccccc2c1C. The van der Waals surface area contributed by atoms with Gasteiger partial charge in [-0.25, -0.2) is 9.78 Å². The van der Waals surface area contributed by atoms with Gasteiger partial charge in [0.05, 0.1) is 23.9 Å². The summed E-state index contributed by atoms with van der Waals surface area (Å²) in [5.74, 6) is 1.31. The molecule has 1 heterocycles. The molecular formula is C22H25NO4. The molecule has 0 spiro atoms. The number of pyridine rings is 1. The topological polar surface area (TPSA) is 65.5 Å². The number of aromatic nitrogens is 1. The lowest BCUT2D eigenvalue weighted by atomic mass is 9.86. The second-order valence-electron chi connectivity index (χ2n) is 7.87. The summed E-state index contributed by atoms with van der Waals surface area (Å²) in [6.45, 7) is 1.87. The largest absolute Gasteiger partial charge is 0.465 e. The van der Waals surface area contributed by atoms with Crippen LogP contribution in [0.15, 0.2) is 24.3 Å². The van der Waals surface area contributed by atoms with E-state index in [1.54, 1.807) is 0 Å². The van der Waals surface area contributed by atoms with Gasteiger partial charge in [-0.1, -0.05) is 24.6 Å². The van der Waals surface area contributed by atoms with E-state index in [4.69, 9.17) is 9.47 Å². The lowest BCUT2D eigenvalue weighted by molar-refractivity contribution is -0.146. The van der Waals surface area contributed by atoms with E-state index in [0.29, 0.717) is 29.5 Å². The van der Waals surface area contributed by atoms with Crippen molar-refractivity contribution in [3.8, 4) is 0 Å². The van der Waals surface area contributed by atoms with Crippen LogP contribution in [0.5, 0.6) is 0 Å². The van der Waals surface area contributed by atoms with Crippen LogP contribution < -0.4 is 0 Å². The lowest BCUT2D eigenvalue weighted by Crippen LogP contribution is -2.18. The fraction of sp³-hybridized carbons (Fsp3) is 0.500. The number of methoxy groups -OCH3 is 1. The van der Waals surface area contributed by atoms with E-state index >= 15 is 0 Å². The number of carbonyl (C=O) groups excluding carboxylic acids is 2. The lowest BCUT2D eigenvalue weighted by Gasteiger charge is -2.20. The van der Waals surface area contributed by atoms with Gasteiger partial charge in [0.15, 0.2) is 0 Å². The minimum Gasteiger partial charge on any atom is -0.465 e. The summed E-state index contributed by atoms with van der Waals surface area (Å²) >= 11 is 0. The minimum atomic E-state index is -0.454. The van der Waals surface area contributed by atoms with Crippen LogP contribution in [0.1, 0.15) is 53.7 Å². The third-order valence-corrected chi connectivity index (χ3v) is 6.30. The summed E-state index contributed by atoms with van der Waals surface area (Å²) in [6.07, 6.45) is 5.47. The molecule has 0 radical (unpaired) electrons. The van der Waals surface area contributed by atoms with E-state index in [2.05, 4.69) is 4.98 Å². The number of benzene rings is 1. The molecule has 2 aliphatic carbocycles. The van der Waals surface area contributed by atoms with Crippen LogP contribution in [-0.2, 0) is 20.9 Å². The first kappa shape index (κ1) is 18.0. The number of fused-ring (bicyclic) bond motifs is 3. The summed E-state index contributed by atoms with van der Waals surface area (Å²) < 4.78 is 10.5. The van der Waals surface area contributed by atoms with E-state index < -0.39 is 5.97 Å². The zero-order chi connectivity index (χ0) is 19.0. The third kappa shape index (κ3) is 3.43. The summed E-state index contributed by atoms with van der Waals surface area (Å²) in [6, 6.07) is 7.63. The van der Waals surface area contributed by atoms with Crippen molar-refractivity contribution >= 4 is 22.8 Å². The molecule has 0 amide bonds. The zero-order valence-electron chi connectivity index (χ0n) is 15.9. The first-order valence-electron chi connectivity index (χ1n) is 9.69. The molecule has 0 unspecified atom stereocenters. The van der Waals surface area contributed by atoms with Gasteiger partial charge in [-0.15, -0.1) is 0 Å². The van der Waals surface area contributed by atoms with Crippen LogP contribution >= 0.6 is 0 Å². The summed E-state index contributed by atoms with van der Waals surface area (Å²) in [4.78, 5) is 29.3. The van der Waals surface area contributed by atoms with Crippen molar-refractivity contribution in [3.05, 3.63) is 41.1 Å². The van der Waals surface area contributed by atoms with E-state index in [0.717, 1.165) is 28.8 Å².